The zero-order valence-electron chi connectivity index (χ0n) is 40.0. The van der Waals surface area contributed by atoms with Crippen LogP contribution in [-0.2, 0) is 53.0 Å². The second-order valence-electron chi connectivity index (χ2n) is 17.6. The first-order chi connectivity index (χ1) is 33.9. The number of aromatic nitrogens is 4. The summed E-state index contributed by atoms with van der Waals surface area (Å²) in [6.07, 6.45) is 4.32. The van der Waals surface area contributed by atoms with Gasteiger partial charge in [-0.2, -0.15) is 4.98 Å². The number of nitrogens with zero attached hydrogens (tertiary/aromatic N) is 4. The number of oxazole rings is 1. The molecule has 0 saturated carbocycles. The summed E-state index contributed by atoms with van der Waals surface area (Å²) in [5.41, 5.74) is 4.51. The molecule has 0 spiro atoms. The maximum absolute atomic E-state index is 13.9. The van der Waals surface area contributed by atoms with E-state index in [4.69, 9.17) is 32.8 Å². The van der Waals surface area contributed by atoms with Crippen molar-refractivity contribution < 1.29 is 52.3 Å². The van der Waals surface area contributed by atoms with Crippen LogP contribution in [-0.4, -0.2) is 138 Å². The first-order valence-electron chi connectivity index (χ1n) is 23.3. The van der Waals surface area contributed by atoms with Crippen molar-refractivity contribution in [2.24, 2.45) is 5.41 Å². The van der Waals surface area contributed by atoms with Crippen molar-refractivity contribution in [3.05, 3.63) is 102 Å². The first-order valence-corrected chi connectivity index (χ1v) is 24.2. The van der Waals surface area contributed by atoms with E-state index in [0.29, 0.717) is 74.8 Å². The van der Waals surface area contributed by atoms with E-state index in [1.807, 2.05) is 75.4 Å². The highest BCUT2D eigenvalue weighted by molar-refractivity contribution is 8.08. The van der Waals surface area contributed by atoms with Crippen LogP contribution in [0.3, 0.4) is 0 Å². The molecule has 3 amide bonds. The summed E-state index contributed by atoms with van der Waals surface area (Å²) in [5, 5.41) is 22.7. The molecule has 70 heavy (non-hydrogen) atoms. The number of allylic oxidation sites excluding steroid dienone is 1. The number of nitrogens with one attached hydrogen (secondary N) is 5. The number of aromatic amines is 1. The molecule has 0 bridgehead atoms. The van der Waals surface area contributed by atoms with Crippen LogP contribution in [0.5, 0.6) is 11.5 Å². The fourth-order valence-corrected chi connectivity index (χ4v) is 8.54. The minimum Gasteiger partial charge on any atom is -0.490 e. The highest BCUT2D eigenvalue weighted by Crippen LogP contribution is 2.34. The summed E-state index contributed by atoms with van der Waals surface area (Å²) < 4.78 is 39.7. The average molecular weight is 986 g/mol. The van der Waals surface area contributed by atoms with Crippen LogP contribution in [0.15, 0.2) is 83.3 Å². The molecule has 5 aromatic rings. The Morgan fingerprint density at radius 1 is 0.900 bits per heavy atom. The van der Waals surface area contributed by atoms with Crippen molar-refractivity contribution in [2.75, 3.05) is 77.2 Å². The number of carbonyl (C=O) groups excluding carboxylic acids is 3. The van der Waals surface area contributed by atoms with Crippen LogP contribution in [0.1, 0.15) is 56.8 Å². The minimum atomic E-state index is -0.961. The van der Waals surface area contributed by atoms with Crippen molar-refractivity contribution in [1.82, 2.24) is 40.8 Å². The van der Waals surface area contributed by atoms with Gasteiger partial charge in [0, 0.05) is 48.6 Å². The Morgan fingerprint density at radius 2 is 1.63 bits per heavy atom. The van der Waals surface area contributed by atoms with Gasteiger partial charge in [-0.05, 0) is 47.7 Å². The molecular formula is C49H63N9O11S. The normalized spacial score (nSPS) is 16.3. The number of β-amino-alcohol motifs (C(OH)–C–C–N with tert-alkyl or cyclic N) is 1. The number of thioether (sulfide) groups is 1. The second-order valence-corrected chi connectivity index (χ2v) is 18.6. The molecule has 0 aliphatic carbocycles. The molecule has 6 N–H and O–H groups in total. The van der Waals surface area contributed by atoms with E-state index in [1.54, 1.807) is 30.4 Å². The number of aliphatic hydroxyl groups is 1. The Labute approximate surface area is 411 Å². The molecule has 2 aliphatic rings. The molecular weight excluding hydrogens is 923 g/mol. The number of ether oxygens (including phenoxy) is 6. The largest absolute Gasteiger partial charge is 0.490 e. The van der Waals surface area contributed by atoms with Crippen LogP contribution in [0.2, 0.25) is 0 Å². The van der Waals surface area contributed by atoms with Gasteiger partial charge >= 0.3 is 0 Å². The molecule has 1 saturated heterocycles. The summed E-state index contributed by atoms with van der Waals surface area (Å²) in [6, 6.07) is 15.7. The highest BCUT2D eigenvalue weighted by atomic mass is 32.2. The van der Waals surface area contributed by atoms with E-state index in [0.717, 1.165) is 34.2 Å². The van der Waals surface area contributed by atoms with E-state index in [9.17, 15) is 19.5 Å². The van der Waals surface area contributed by atoms with Crippen molar-refractivity contribution in [2.45, 2.75) is 72.0 Å². The molecule has 20 nitrogen and oxygen atoms in total. The second kappa shape index (κ2) is 25.6. The van der Waals surface area contributed by atoms with E-state index >= 15 is 0 Å². The first kappa shape index (κ1) is 51.6. The Bertz CT molecular complexity index is 2480. The monoisotopic (exact) mass is 985 g/mol. The number of pyridine rings is 1. The van der Waals surface area contributed by atoms with Crippen LogP contribution < -0.4 is 30.7 Å². The van der Waals surface area contributed by atoms with Gasteiger partial charge in [0.25, 0.3) is 6.01 Å². The Kier molecular flexibility index (Phi) is 18.9. The zero-order chi connectivity index (χ0) is 49.3. The number of amides is 3. The van der Waals surface area contributed by atoms with Gasteiger partial charge in [0.05, 0.1) is 76.7 Å². The summed E-state index contributed by atoms with van der Waals surface area (Å²) in [5.74, 6) is 1.59. The molecule has 0 unspecified atom stereocenters. The third-order valence-corrected chi connectivity index (χ3v) is 12.3. The molecule has 2 aliphatic heterocycles. The standard InChI is InChI=1S/C49H63N9O11S/c1-32-44(70-31-55-32)34-7-5-33(6-8-34)25-53-46(61)40-23-36(59)28-58(40)47(62)45(49(2,3)4)57-43(60)30-66-20-19-64-16-15-63-17-18-65-21-22-67-38-10-9-35(52-26-38)29-68-37-11-12-41-39(24-37)56-48(69-41)54-27-42-50-13-14-51-42/h5-14,24,26,36,40,45,55,59H,15-23,25,27-31H2,1-4H3,(H,50,51)(H,53,61)(H,54,56)(H,57,60)/t36-,40+,45-/m1/s1. The number of rotatable bonds is 27. The number of benzene rings is 2. The molecule has 5 heterocycles. The highest BCUT2D eigenvalue weighted by Gasteiger charge is 2.44. The molecule has 21 heteroatoms. The fraction of sp³-hybridized carbons (Fsp3) is 0.469. The minimum absolute atomic E-state index is 0.0121. The van der Waals surface area contributed by atoms with Crippen LogP contribution in [0.25, 0.3) is 16.0 Å². The van der Waals surface area contributed by atoms with E-state index in [2.05, 4.69) is 48.1 Å². The summed E-state index contributed by atoms with van der Waals surface area (Å²) in [7, 11) is 0. The molecule has 2 aromatic carbocycles. The lowest BCUT2D eigenvalue weighted by molar-refractivity contribution is -0.144. The van der Waals surface area contributed by atoms with Crippen molar-refractivity contribution >= 4 is 51.5 Å². The predicted octanol–water partition coefficient (Wildman–Crippen LogP) is 4.37. The third-order valence-electron chi connectivity index (χ3n) is 11.2. The quantitative estimate of drug-likeness (QED) is 0.0400. The molecule has 0 radical (unpaired) electrons. The van der Waals surface area contributed by atoms with E-state index < -0.39 is 35.4 Å². The number of aliphatic hydroxyl groups excluding tert-OH is 1. The molecule has 3 aromatic heterocycles. The average Bonchev–Trinajstić information content (AvgIpc) is 4.19. The van der Waals surface area contributed by atoms with E-state index in [1.165, 1.54) is 9.81 Å². The number of carbonyl (C=O) groups is 3. The lowest BCUT2D eigenvalue weighted by Crippen LogP contribution is -2.58. The Balaban J connectivity index is 0.696. The van der Waals surface area contributed by atoms with Gasteiger partial charge in [0.1, 0.15) is 54.7 Å². The van der Waals surface area contributed by atoms with Gasteiger partial charge in [0.15, 0.2) is 5.58 Å². The SMILES string of the molecule is CC1=C(c2ccc(CNC(=O)[C@@H]3C[C@@H](O)CN3C(=O)[C@@H](NC(=O)COCCOCCOCCOCCOc3ccc(COc4ccc5oc(NCc6ncc[nH]6)nc5c4)nc3)C(C)(C)C)cc2)SCN1. The number of fused-ring (bicyclic) bond motifs is 1. The zero-order valence-corrected chi connectivity index (χ0v) is 40.8. The maximum atomic E-state index is 13.9. The van der Waals surface area contributed by atoms with E-state index in [-0.39, 0.29) is 51.8 Å². The van der Waals surface area contributed by atoms with Crippen LogP contribution >= 0.6 is 11.8 Å². The van der Waals surface area contributed by atoms with Crippen LogP contribution in [0, 0.1) is 5.41 Å². The van der Waals surface area contributed by atoms with Gasteiger partial charge in [-0.25, -0.2) is 4.98 Å². The summed E-state index contributed by atoms with van der Waals surface area (Å²) >= 11 is 1.75. The van der Waals surface area contributed by atoms with Crippen LogP contribution in [0.4, 0.5) is 6.01 Å². The topological polar surface area (TPSA) is 246 Å². The Morgan fingerprint density at radius 3 is 2.30 bits per heavy atom. The molecule has 376 valence electrons. The Hall–Kier alpha value is -6.23. The van der Waals surface area contributed by atoms with Gasteiger partial charge in [-0.15, -0.1) is 11.8 Å². The number of hydrogen-bond donors (Lipinski definition) is 6. The molecule has 3 atom stereocenters. The predicted molar refractivity (Wildman–Crippen MR) is 261 cm³/mol. The van der Waals surface area contributed by atoms with Crippen molar-refractivity contribution in [3.63, 3.8) is 0 Å². The summed E-state index contributed by atoms with van der Waals surface area (Å²) in [4.78, 5) is 58.9. The van der Waals surface area contributed by atoms with Gasteiger partial charge in [0.2, 0.25) is 17.7 Å². The van der Waals surface area contributed by atoms with Gasteiger partial charge < -0.3 is 69.1 Å². The lowest BCUT2D eigenvalue weighted by Gasteiger charge is -2.35. The number of hydrogen-bond acceptors (Lipinski definition) is 17. The summed E-state index contributed by atoms with van der Waals surface area (Å²) in [6.45, 7) is 10.8. The molecule has 7 rings (SSSR count). The molecule has 1 fully saturated rings. The lowest BCUT2D eigenvalue weighted by atomic mass is 9.85. The number of H-pyrrole nitrogens is 1. The van der Waals surface area contributed by atoms with Crippen molar-refractivity contribution in [3.8, 4) is 11.5 Å². The number of imidazole rings is 1. The fourth-order valence-electron chi connectivity index (χ4n) is 7.52. The maximum Gasteiger partial charge on any atom is 0.296 e. The smallest absolute Gasteiger partial charge is 0.296 e. The third kappa shape index (κ3) is 15.4. The van der Waals surface area contributed by atoms with Crippen molar-refractivity contribution in [1.29, 1.82) is 0 Å². The number of anilines is 1. The van der Waals surface area contributed by atoms with Gasteiger partial charge in [-0.1, -0.05) is 45.0 Å². The number of likely N-dealkylation sites (tertiary alicyclic amines) is 1. The van der Waals surface area contributed by atoms with Gasteiger partial charge in [-0.3, -0.25) is 19.4 Å².